The summed E-state index contributed by atoms with van der Waals surface area (Å²) in [6.45, 7) is 2.14. The van der Waals surface area contributed by atoms with Crippen LogP contribution in [0.5, 0.6) is 0 Å². The number of aryl methyl sites for hydroxylation is 1. The number of benzene rings is 1. The van der Waals surface area contributed by atoms with E-state index in [1.165, 1.54) is 25.4 Å². The Morgan fingerprint density at radius 3 is 2.72 bits per heavy atom. The molecule has 0 radical (unpaired) electrons. The summed E-state index contributed by atoms with van der Waals surface area (Å²) in [5, 5.41) is 5.59. The number of fused-ring (bicyclic) bond motifs is 1. The zero-order valence-electron chi connectivity index (χ0n) is 10.4. The van der Waals surface area contributed by atoms with Gasteiger partial charge in [0.15, 0.2) is 0 Å². The monoisotopic (exact) mass is 273 g/mol. The Labute approximate surface area is 115 Å². The summed E-state index contributed by atoms with van der Waals surface area (Å²) in [5.74, 6) is 0. The Balaban J connectivity index is 2.04. The van der Waals surface area contributed by atoms with Crippen LogP contribution in [0.4, 0.5) is 0 Å². The van der Waals surface area contributed by atoms with Crippen molar-refractivity contribution in [1.82, 2.24) is 5.32 Å². The second-order valence-corrected chi connectivity index (χ2v) is 6.50. The molecule has 1 atom stereocenters. The highest BCUT2D eigenvalue weighted by Crippen LogP contribution is 2.35. The average molecular weight is 273 g/mol. The van der Waals surface area contributed by atoms with E-state index in [1.54, 1.807) is 0 Å². The molecule has 3 rings (SSSR count). The topological polar surface area (TPSA) is 12.0 Å². The van der Waals surface area contributed by atoms with Gasteiger partial charge in [-0.3, -0.25) is 0 Å². The lowest BCUT2D eigenvalue weighted by molar-refractivity contribution is 0.704. The minimum absolute atomic E-state index is 0.300. The van der Waals surface area contributed by atoms with Crippen molar-refractivity contribution in [2.75, 3.05) is 7.05 Å². The van der Waals surface area contributed by atoms with Gasteiger partial charge >= 0.3 is 0 Å². The highest BCUT2D eigenvalue weighted by Gasteiger charge is 2.15. The van der Waals surface area contributed by atoms with Crippen LogP contribution in [0.2, 0.25) is 0 Å². The van der Waals surface area contributed by atoms with Crippen LogP contribution in [0.1, 0.15) is 22.0 Å². The van der Waals surface area contributed by atoms with E-state index in [2.05, 4.69) is 54.0 Å². The van der Waals surface area contributed by atoms with Crippen molar-refractivity contribution in [3.05, 3.63) is 57.8 Å². The molecule has 0 aliphatic carbocycles. The van der Waals surface area contributed by atoms with Gasteiger partial charge in [-0.2, -0.15) is 0 Å². The Bertz CT molecular complexity index is 637. The van der Waals surface area contributed by atoms with Crippen molar-refractivity contribution in [1.29, 1.82) is 0 Å². The van der Waals surface area contributed by atoms with Crippen LogP contribution in [-0.2, 0) is 0 Å². The van der Waals surface area contributed by atoms with Gasteiger partial charge in [0, 0.05) is 14.3 Å². The second-order valence-electron chi connectivity index (χ2n) is 4.43. The van der Waals surface area contributed by atoms with Crippen molar-refractivity contribution in [3.8, 4) is 0 Å². The van der Waals surface area contributed by atoms with Crippen molar-refractivity contribution >= 4 is 32.1 Å². The smallest absolute Gasteiger partial charge is 0.0669 e. The Morgan fingerprint density at radius 1 is 1.11 bits per heavy atom. The van der Waals surface area contributed by atoms with Crippen molar-refractivity contribution in [3.63, 3.8) is 0 Å². The first-order valence-corrected chi connectivity index (χ1v) is 7.68. The van der Waals surface area contributed by atoms with Gasteiger partial charge in [-0.05, 0) is 37.0 Å². The van der Waals surface area contributed by atoms with Crippen molar-refractivity contribution < 1.29 is 0 Å². The van der Waals surface area contributed by atoms with Crippen LogP contribution in [0.25, 0.3) is 9.40 Å². The molecule has 0 aliphatic rings. The first kappa shape index (κ1) is 11.9. The molecule has 1 nitrogen and oxygen atoms in total. The summed E-state index contributed by atoms with van der Waals surface area (Å²) in [6.07, 6.45) is 0. The zero-order chi connectivity index (χ0) is 12.5. The summed E-state index contributed by atoms with van der Waals surface area (Å²) in [5.41, 5.74) is 2.65. The number of nitrogens with one attached hydrogen (secondary N) is 1. The predicted octanol–water partition coefficient (Wildman–Crippen LogP) is 4.58. The van der Waals surface area contributed by atoms with Gasteiger partial charge < -0.3 is 5.32 Å². The molecule has 0 bridgehead atoms. The van der Waals surface area contributed by atoms with Crippen LogP contribution in [0.3, 0.4) is 0 Å². The zero-order valence-corrected chi connectivity index (χ0v) is 12.1. The average Bonchev–Trinajstić information content (AvgIpc) is 2.91. The molecule has 1 unspecified atom stereocenters. The Morgan fingerprint density at radius 2 is 2.00 bits per heavy atom. The summed E-state index contributed by atoms with van der Waals surface area (Å²) >= 11 is 3.70. The van der Waals surface area contributed by atoms with Crippen LogP contribution in [0.15, 0.2) is 41.8 Å². The standard InChI is InChI=1S/C15H15NS2/c1-10-4-3-5-11(8-10)15(16-2)14-9-13-12(18-14)6-7-17-13/h3-9,15-16H,1-2H3. The third-order valence-electron chi connectivity index (χ3n) is 3.11. The van der Waals surface area contributed by atoms with Gasteiger partial charge in [-0.15, -0.1) is 22.7 Å². The van der Waals surface area contributed by atoms with Gasteiger partial charge in [0.25, 0.3) is 0 Å². The maximum atomic E-state index is 3.43. The third kappa shape index (κ3) is 2.09. The van der Waals surface area contributed by atoms with E-state index in [0.29, 0.717) is 6.04 Å². The Kier molecular flexibility index (Phi) is 3.20. The first-order valence-electron chi connectivity index (χ1n) is 5.98. The van der Waals surface area contributed by atoms with E-state index >= 15 is 0 Å². The molecule has 18 heavy (non-hydrogen) atoms. The second kappa shape index (κ2) is 4.84. The number of rotatable bonds is 3. The molecule has 1 N–H and O–H groups in total. The van der Waals surface area contributed by atoms with E-state index in [9.17, 15) is 0 Å². The number of thiophene rings is 2. The van der Waals surface area contributed by atoms with Crippen LogP contribution < -0.4 is 5.32 Å². The molecule has 0 fully saturated rings. The summed E-state index contributed by atoms with van der Waals surface area (Å²) in [7, 11) is 2.03. The van der Waals surface area contributed by atoms with Crippen LogP contribution in [-0.4, -0.2) is 7.05 Å². The van der Waals surface area contributed by atoms with E-state index < -0.39 is 0 Å². The molecule has 1 aromatic carbocycles. The number of hydrogen-bond acceptors (Lipinski definition) is 3. The normalized spacial score (nSPS) is 13.0. The largest absolute Gasteiger partial charge is 0.309 e. The van der Waals surface area contributed by atoms with Gasteiger partial charge in [0.1, 0.15) is 0 Å². The fourth-order valence-electron chi connectivity index (χ4n) is 2.25. The summed E-state index contributed by atoms with van der Waals surface area (Å²) in [6, 6.07) is 13.5. The predicted molar refractivity (Wildman–Crippen MR) is 81.8 cm³/mol. The number of hydrogen-bond donors (Lipinski definition) is 1. The van der Waals surface area contributed by atoms with Gasteiger partial charge in [-0.1, -0.05) is 29.8 Å². The Hall–Kier alpha value is -1.16. The molecule has 0 aliphatic heterocycles. The van der Waals surface area contributed by atoms with Crippen LogP contribution >= 0.6 is 22.7 Å². The van der Waals surface area contributed by atoms with E-state index in [4.69, 9.17) is 0 Å². The van der Waals surface area contributed by atoms with Gasteiger partial charge in [0.05, 0.1) is 6.04 Å². The lowest BCUT2D eigenvalue weighted by atomic mass is 10.0. The molecule has 0 spiro atoms. The molecule has 0 saturated carbocycles. The van der Waals surface area contributed by atoms with Crippen LogP contribution in [0, 0.1) is 6.92 Å². The molecule has 0 amide bonds. The molecule has 3 aromatic rings. The highest BCUT2D eigenvalue weighted by molar-refractivity contribution is 7.27. The quantitative estimate of drug-likeness (QED) is 0.736. The lowest BCUT2D eigenvalue weighted by Gasteiger charge is -2.15. The van der Waals surface area contributed by atoms with E-state index in [0.717, 1.165) is 0 Å². The summed E-state index contributed by atoms with van der Waals surface area (Å²) < 4.78 is 2.78. The highest BCUT2D eigenvalue weighted by atomic mass is 32.1. The van der Waals surface area contributed by atoms with Gasteiger partial charge in [-0.25, -0.2) is 0 Å². The fraction of sp³-hybridized carbons (Fsp3) is 0.200. The lowest BCUT2D eigenvalue weighted by Crippen LogP contribution is -2.16. The molecular weight excluding hydrogens is 258 g/mol. The summed E-state index contributed by atoms with van der Waals surface area (Å²) in [4.78, 5) is 1.39. The molecule has 2 heterocycles. The molecular formula is C15H15NS2. The molecule has 0 saturated heterocycles. The van der Waals surface area contributed by atoms with Gasteiger partial charge in [0.2, 0.25) is 0 Å². The van der Waals surface area contributed by atoms with E-state index in [1.807, 2.05) is 29.7 Å². The van der Waals surface area contributed by atoms with Crippen molar-refractivity contribution in [2.45, 2.75) is 13.0 Å². The minimum Gasteiger partial charge on any atom is -0.309 e. The first-order chi connectivity index (χ1) is 8.78. The molecule has 2 aromatic heterocycles. The maximum Gasteiger partial charge on any atom is 0.0669 e. The third-order valence-corrected chi connectivity index (χ3v) is 5.27. The van der Waals surface area contributed by atoms with Crippen molar-refractivity contribution in [2.24, 2.45) is 0 Å². The SMILES string of the molecule is CNC(c1cccc(C)c1)c1cc2sccc2s1. The molecule has 92 valence electrons. The fourth-order valence-corrected chi connectivity index (χ4v) is 4.51. The van der Waals surface area contributed by atoms with E-state index in [-0.39, 0.29) is 0 Å². The minimum atomic E-state index is 0.300. The molecule has 3 heteroatoms. The maximum absolute atomic E-state index is 3.43.